The Hall–Kier alpha value is -1.62. The van der Waals surface area contributed by atoms with E-state index in [4.69, 9.17) is 5.73 Å². The Morgan fingerprint density at radius 2 is 2.22 bits per heavy atom. The Kier molecular flexibility index (Phi) is 5.58. The van der Waals surface area contributed by atoms with Crippen molar-refractivity contribution in [2.75, 3.05) is 11.9 Å². The van der Waals surface area contributed by atoms with E-state index < -0.39 is 0 Å². The van der Waals surface area contributed by atoms with Crippen molar-refractivity contribution in [1.82, 2.24) is 0 Å². The number of nitro groups is 1. The maximum absolute atomic E-state index is 11.0. The topological polar surface area (TPSA) is 81.2 Å². The van der Waals surface area contributed by atoms with E-state index in [1.54, 1.807) is 12.1 Å². The van der Waals surface area contributed by atoms with E-state index in [0.29, 0.717) is 12.2 Å². The van der Waals surface area contributed by atoms with Crippen LogP contribution in [0.2, 0.25) is 0 Å². The van der Waals surface area contributed by atoms with Gasteiger partial charge in [-0.05, 0) is 25.0 Å². The van der Waals surface area contributed by atoms with Crippen LogP contribution in [-0.4, -0.2) is 17.5 Å². The third kappa shape index (κ3) is 4.00. The van der Waals surface area contributed by atoms with Gasteiger partial charge in [0.15, 0.2) is 0 Å². The van der Waals surface area contributed by atoms with Crippen LogP contribution in [0.25, 0.3) is 0 Å². The fourth-order valence-corrected chi connectivity index (χ4v) is 1.84. The second-order valence-corrected chi connectivity index (χ2v) is 4.50. The molecule has 0 saturated heterocycles. The zero-order valence-corrected chi connectivity index (χ0v) is 11.0. The largest absolute Gasteiger partial charge is 0.375 e. The highest BCUT2D eigenvalue weighted by Gasteiger charge is 2.16. The summed E-state index contributed by atoms with van der Waals surface area (Å²) >= 11 is 0. The quantitative estimate of drug-likeness (QED) is 0.576. The zero-order chi connectivity index (χ0) is 13.5. The van der Waals surface area contributed by atoms with Crippen molar-refractivity contribution in [1.29, 1.82) is 0 Å². The molecule has 0 fully saturated rings. The maximum Gasteiger partial charge on any atom is 0.292 e. The van der Waals surface area contributed by atoms with Gasteiger partial charge in [0.2, 0.25) is 0 Å². The van der Waals surface area contributed by atoms with E-state index in [9.17, 15) is 10.1 Å². The van der Waals surface area contributed by atoms with Crippen molar-refractivity contribution in [3.63, 3.8) is 0 Å². The molecule has 0 radical (unpaired) electrons. The first kappa shape index (κ1) is 14.4. The first-order valence-electron chi connectivity index (χ1n) is 6.30. The van der Waals surface area contributed by atoms with Gasteiger partial charge in [0.25, 0.3) is 5.69 Å². The van der Waals surface area contributed by atoms with Gasteiger partial charge in [-0.2, -0.15) is 0 Å². The summed E-state index contributed by atoms with van der Waals surface area (Å²) in [4.78, 5) is 10.6. The number of aryl methyl sites for hydroxylation is 1. The highest BCUT2D eigenvalue weighted by molar-refractivity contribution is 5.63. The number of anilines is 1. The van der Waals surface area contributed by atoms with E-state index in [1.807, 2.05) is 6.92 Å². The molecule has 0 bridgehead atoms. The predicted octanol–water partition coefficient (Wildman–Crippen LogP) is 2.83. The van der Waals surface area contributed by atoms with Gasteiger partial charge in [-0.3, -0.25) is 10.1 Å². The number of nitrogens with two attached hydrogens (primary N) is 1. The molecule has 0 aromatic heterocycles. The Bertz CT molecular complexity index is 407. The lowest BCUT2D eigenvalue weighted by Gasteiger charge is -2.18. The maximum atomic E-state index is 11.0. The Balaban J connectivity index is 2.86. The predicted molar refractivity (Wildman–Crippen MR) is 73.8 cm³/mol. The summed E-state index contributed by atoms with van der Waals surface area (Å²) in [5.41, 5.74) is 7.36. The van der Waals surface area contributed by atoms with E-state index in [-0.39, 0.29) is 16.7 Å². The average Bonchev–Trinajstić information content (AvgIpc) is 2.34. The third-order valence-corrected chi connectivity index (χ3v) is 2.90. The summed E-state index contributed by atoms with van der Waals surface area (Å²) in [6.45, 7) is 4.51. The molecule has 5 heteroatoms. The molecule has 0 aliphatic heterocycles. The van der Waals surface area contributed by atoms with Crippen LogP contribution in [0.5, 0.6) is 0 Å². The van der Waals surface area contributed by atoms with Crippen LogP contribution in [0.3, 0.4) is 0 Å². The molecule has 1 unspecified atom stereocenters. The summed E-state index contributed by atoms with van der Waals surface area (Å²) in [7, 11) is 0. The number of hydrogen-bond donors (Lipinski definition) is 2. The average molecular weight is 251 g/mol. The van der Waals surface area contributed by atoms with Crippen LogP contribution in [0.1, 0.15) is 31.7 Å². The van der Waals surface area contributed by atoms with Crippen molar-refractivity contribution in [3.05, 3.63) is 33.9 Å². The van der Waals surface area contributed by atoms with Crippen molar-refractivity contribution in [3.8, 4) is 0 Å². The highest BCUT2D eigenvalue weighted by atomic mass is 16.6. The molecule has 1 aromatic carbocycles. The van der Waals surface area contributed by atoms with Gasteiger partial charge in [0, 0.05) is 18.7 Å². The summed E-state index contributed by atoms with van der Waals surface area (Å²) in [5.74, 6) is 0. The lowest BCUT2D eigenvalue weighted by Crippen LogP contribution is -2.29. The summed E-state index contributed by atoms with van der Waals surface area (Å²) in [6, 6.07) is 5.16. The van der Waals surface area contributed by atoms with Gasteiger partial charge in [0.05, 0.1) is 4.92 Å². The van der Waals surface area contributed by atoms with Crippen molar-refractivity contribution in [2.24, 2.45) is 5.73 Å². The van der Waals surface area contributed by atoms with Crippen LogP contribution in [0.4, 0.5) is 11.4 Å². The number of hydrogen-bond acceptors (Lipinski definition) is 4. The molecule has 5 nitrogen and oxygen atoms in total. The Labute approximate surface area is 108 Å². The van der Waals surface area contributed by atoms with Crippen molar-refractivity contribution in [2.45, 2.75) is 39.2 Å². The Morgan fingerprint density at radius 3 is 2.78 bits per heavy atom. The first-order valence-corrected chi connectivity index (χ1v) is 6.30. The first-order chi connectivity index (χ1) is 8.58. The minimum Gasteiger partial charge on any atom is -0.375 e. The monoisotopic (exact) mass is 251 g/mol. The smallest absolute Gasteiger partial charge is 0.292 e. The van der Waals surface area contributed by atoms with Crippen molar-refractivity contribution < 1.29 is 4.92 Å². The summed E-state index contributed by atoms with van der Waals surface area (Å²) < 4.78 is 0. The second kappa shape index (κ2) is 6.96. The third-order valence-electron chi connectivity index (χ3n) is 2.90. The lowest BCUT2D eigenvalue weighted by atomic mass is 10.1. The normalized spacial score (nSPS) is 12.2. The second-order valence-electron chi connectivity index (χ2n) is 4.50. The van der Waals surface area contributed by atoms with Crippen LogP contribution in [0.15, 0.2) is 18.2 Å². The van der Waals surface area contributed by atoms with Crippen LogP contribution in [0, 0.1) is 17.0 Å². The standard InChI is InChI=1S/C13H21N3O2/c1-3-4-5-11(9-14)15-12-8-10(2)6-7-13(12)16(17)18/h6-8,11,15H,3-5,9,14H2,1-2H3. The molecular weight excluding hydrogens is 230 g/mol. The molecule has 0 spiro atoms. The minimum absolute atomic E-state index is 0.0884. The zero-order valence-electron chi connectivity index (χ0n) is 11.0. The van der Waals surface area contributed by atoms with E-state index in [2.05, 4.69) is 12.2 Å². The number of nitrogens with zero attached hydrogens (tertiary/aromatic N) is 1. The SMILES string of the molecule is CCCCC(CN)Nc1cc(C)ccc1[N+](=O)[O-]. The molecule has 0 saturated carbocycles. The van der Waals surface area contributed by atoms with Crippen LogP contribution in [-0.2, 0) is 0 Å². The number of unbranched alkanes of at least 4 members (excludes halogenated alkanes) is 1. The van der Waals surface area contributed by atoms with Gasteiger partial charge in [-0.1, -0.05) is 25.8 Å². The number of rotatable bonds is 7. The summed E-state index contributed by atoms with van der Waals surface area (Å²) in [5, 5.41) is 14.1. The van der Waals surface area contributed by atoms with Gasteiger partial charge in [-0.25, -0.2) is 0 Å². The lowest BCUT2D eigenvalue weighted by molar-refractivity contribution is -0.384. The van der Waals surface area contributed by atoms with E-state index in [0.717, 1.165) is 24.8 Å². The Morgan fingerprint density at radius 1 is 1.50 bits per heavy atom. The van der Waals surface area contributed by atoms with Gasteiger partial charge in [-0.15, -0.1) is 0 Å². The molecular formula is C13H21N3O2. The molecule has 100 valence electrons. The van der Waals surface area contributed by atoms with Gasteiger partial charge < -0.3 is 11.1 Å². The minimum atomic E-state index is -0.366. The molecule has 1 rings (SSSR count). The number of benzene rings is 1. The summed E-state index contributed by atoms with van der Waals surface area (Å²) in [6.07, 6.45) is 3.08. The van der Waals surface area contributed by atoms with Gasteiger partial charge in [0.1, 0.15) is 5.69 Å². The van der Waals surface area contributed by atoms with Gasteiger partial charge >= 0.3 is 0 Å². The molecule has 1 atom stereocenters. The van der Waals surface area contributed by atoms with Crippen molar-refractivity contribution >= 4 is 11.4 Å². The van der Waals surface area contributed by atoms with Crippen LogP contribution < -0.4 is 11.1 Å². The molecule has 0 aliphatic rings. The van der Waals surface area contributed by atoms with E-state index in [1.165, 1.54) is 6.07 Å². The molecule has 3 N–H and O–H groups in total. The highest BCUT2D eigenvalue weighted by Crippen LogP contribution is 2.26. The van der Waals surface area contributed by atoms with E-state index >= 15 is 0 Å². The van der Waals surface area contributed by atoms with Crippen LogP contribution >= 0.6 is 0 Å². The fourth-order valence-electron chi connectivity index (χ4n) is 1.84. The molecule has 0 amide bonds. The molecule has 18 heavy (non-hydrogen) atoms. The molecule has 0 aliphatic carbocycles. The fraction of sp³-hybridized carbons (Fsp3) is 0.538. The number of nitrogens with one attached hydrogen (secondary N) is 1. The molecule has 0 heterocycles. The number of nitro benzene ring substituents is 1. The molecule has 1 aromatic rings.